The van der Waals surface area contributed by atoms with Gasteiger partial charge in [0.2, 0.25) is 0 Å². The monoisotopic (exact) mass is 175 g/mol. The molecule has 3 heteroatoms. The van der Waals surface area contributed by atoms with Crippen LogP contribution < -0.4 is 5.32 Å². The average molecular weight is 175 g/mol. The Kier molecular flexibility index (Phi) is 2.86. The van der Waals surface area contributed by atoms with Crippen LogP contribution in [0.4, 0.5) is 5.82 Å². The largest absolute Gasteiger partial charge is 0.353 e. The molecule has 1 heterocycles. The van der Waals surface area contributed by atoms with Crippen LogP contribution in [0.3, 0.4) is 0 Å². The van der Waals surface area contributed by atoms with E-state index in [9.17, 15) is 0 Å². The molecule has 0 spiro atoms. The van der Waals surface area contributed by atoms with Crippen molar-refractivity contribution >= 4 is 5.82 Å². The summed E-state index contributed by atoms with van der Waals surface area (Å²) in [6.07, 6.45) is 7.88. The van der Waals surface area contributed by atoms with Crippen LogP contribution in [0.15, 0.2) is 18.3 Å². The van der Waals surface area contributed by atoms with Crippen LogP contribution in [0.2, 0.25) is 0 Å². The Morgan fingerprint density at radius 3 is 2.92 bits per heavy atom. The van der Waals surface area contributed by atoms with E-state index in [-0.39, 0.29) is 5.54 Å². The molecule has 0 fully saturated rings. The predicted molar refractivity (Wildman–Crippen MR) is 53.2 cm³/mol. The summed E-state index contributed by atoms with van der Waals surface area (Å²) >= 11 is 0. The highest BCUT2D eigenvalue weighted by Crippen LogP contribution is 2.14. The zero-order chi connectivity index (χ0) is 9.73. The van der Waals surface area contributed by atoms with Gasteiger partial charge in [0, 0.05) is 6.20 Å². The zero-order valence-corrected chi connectivity index (χ0v) is 7.91. The lowest BCUT2D eigenvalue weighted by Gasteiger charge is -2.23. The van der Waals surface area contributed by atoms with Gasteiger partial charge in [-0.2, -0.15) is 5.10 Å². The van der Waals surface area contributed by atoms with Gasteiger partial charge in [0.05, 0.1) is 5.54 Å². The SMILES string of the molecule is C#CC(C)(CC)Nc1cccnn1. The standard InChI is InChI=1S/C10H13N3/c1-4-10(3,5-2)12-9-7-6-8-11-13-9/h1,6-8H,5H2,2-3H3,(H,12,13). The molecule has 3 nitrogen and oxygen atoms in total. The van der Waals surface area contributed by atoms with Crippen molar-refractivity contribution in [2.24, 2.45) is 0 Å². The number of rotatable bonds is 3. The lowest BCUT2D eigenvalue weighted by atomic mass is 10.0. The summed E-state index contributed by atoms with van der Waals surface area (Å²) in [6, 6.07) is 3.67. The summed E-state index contributed by atoms with van der Waals surface area (Å²) in [6.45, 7) is 3.99. The molecule has 1 N–H and O–H groups in total. The molecule has 0 saturated heterocycles. The second-order valence-electron chi connectivity index (χ2n) is 3.06. The zero-order valence-electron chi connectivity index (χ0n) is 7.91. The van der Waals surface area contributed by atoms with Gasteiger partial charge < -0.3 is 5.32 Å². The Balaban J connectivity index is 2.75. The molecule has 13 heavy (non-hydrogen) atoms. The molecule has 68 valence electrons. The molecule has 0 radical (unpaired) electrons. The van der Waals surface area contributed by atoms with Gasteiger partial charge >= 0.3 is 0 Å². The molecule has 0 aromatic carbocycles. The molecule has 0 aliphatic carbocycles. The highest BCUT2D eigenvalue weighted by molar-refractivity contribution is 5.39. The molecule has 1 unspecified atom stereocenters. The van der Waals surface area contributed by atoms with Crippen LogP contribution in [0.25, 0.3) is 0 Å². The summed E-state index contributed by atoms with van der Waals surface area (Å²) in [7, 11) is 0. The fourth-order valence-electron chi connectivity index (χ4n) is 0.877. The van der Waals surface area contributed by atoms with Crippen LogP contribution in [0, 0.1) is 12.3 Å². The van der Waals surface area contributed by atoms with Crippen molar-refractivity contribution in [3.8, 4) is 12.3 Å². The van der Waals surface area contributed by atoms with E-state index in [1.165, 1.54) is 0 Å². The van der Waals surface area contributed by atoms with Crippen molar-refractivity contribution in [2.75, 3.05) is 5.32 Å². The number of hydrogen-bond acceptors (Lipinski definition) is 3. The molecule has 1 aromatic heterocycles. The topological polar surface area (TPSA) is 37.8 Å². The quantitative estimate of drug-likeness (QED) is 0.710. The number of nitrogens with one attached hydrogen (secondary N) is 1. The number of nitrogens with zero attached hydrogens (tertiary/aromatic N) is 2. The first-order valence-corrected chi connectivity index (χ1v) is 4.24. The molecule has 0 saturated carbocycles. The van der Waals surface area contributed by atoms with Crippen molar-refractivity contribution in [1.29, 1.82) is 0 Å². The maximum Gasteiger partial charge on any atom is 0.149 e. The Hall–Kier alpha value is -1.56. The highest BCUT2D eigenvalue weighted by atomic mass is 15.2. The minimum atomic E-state index is -0.337. The van der Waals surface area contributed by atoms with Crippen LogP contribution in [-0.2, 0) is 0 Å². The molecule has 1 rings (SSSR count). The van der Waals surface area contributed by atoms with Gasteiger partial charge in [-0.1, -0.05) is 12.8 Å². The smallest absolute Gasteiger partial charge is 0.149 e. The first kappa shape index (κ1) is 9.53. The van der Waals surface area contributed by atoms with Crippen LogP contribution in [0.5, 0.6) is 0 Å². The fourth-order valence-corrected chi connectivity index (χ4v) is 0.877. The summed E-state index contributed by atoms with van der Waals surface area (Å²) in [5.41, 5.74) is -0.337. The highest BCUT2D eigenvalue weighted by Gasteiger charge is 2.18. The van der Waals surface area contributed by atoms with E-state index < -0.39 is 0 Å². The number of aromatic nitrogens is 2. The molecule has 1 aromatic rings. The van der Waals surface area contributed by atoms with Crippen molar-refractivity contribution < 1.29 is 0 Å². The third-order valence-corrected chi connectivity index (χ3v) is 2.00. The maximum absolute atomic E-state index is 5.40. The van der Waals surface area contributed by atoms with Gasteiger partial charge in [-0.15, -0.1) is 11.5 Å². The molecule has 0 bridgehead atoms. The number of terminal acetylenes is 1. The minimum absolute atomic E-state index is 0.337. The van der Waals surface area contributed by atoms with Crippen molar-refractivity contribution in [3.63, 3.8) is 0 Å². The van der Waals surface area contributed by atoms with Crippen LogP contribution in [-0.4, -0.2) is 15.7 Å². The van der Waals surface area contributed by atoms with Gasteiger partial charge in [-0.25, -0.2) is 0 Å². The second-order valence-corrected chi connectivity index (χ2v) is 3.06. The third kappa shape index (κ3) is 2.45. The van der Waals surface area contributed by atoms with E-state index in [1.807, 2.05) is 26.0 Å². The van der Waals surface area contributed by atoms with E-state index in [0.717, 1.165) is 6.42 Å². The van der Waals surface area contributed by atoms with E-state index in [4.69, 9.17) is 6.42 Å². The Morgan fingerprint density at radius 1 is 1.69 bits per heavy atom. The fraction of sp³-hybridized carbons (Fsp3) is 0.400. The number of anilines is 1. The molecule has 1 atom stereocenters. The van der Waals surface area contributed by atoms with E-state index in [2.05, 4.69) is 21.4 Å². The van der Waals surface area contributed by atoms with Crippen molar-refractivity contribution in [1.82, 2.24) is 10.2 Å². The summed E-state index contributed by atoms with van der Waals surface area (Å²) in [5, 5.41) is 10.8. The van der Waals surface area contributed by atoms with Gasteiger partial charge in [-0.3, -0.25) is 0 Å². The van der Waals surface area contributed by atoms with E-state index in [1.54, 1.807) is 6.20 Å². The summed E-state index contributed by atoms with van der Waals surface area (Å²) in [5.74, 6) is 3.41. The number of hydrogen-bond donors (Lipinski definition) is 1. The first-order valence-electron chi connectivity index (χ1n) is 4.24. The third-order valence-electron chi connectivity index (χ3n) is 2.00. The molecule has 0 aliphatic rings. The van der Waals surface area contributed by atoms with Gasteiger partial charge in [0.15, 0.2) is 0 Å². The normalized spacial score (nSPS) is 14.2. The molecular formula is C10H13N3. The molecule has 0 aliphatic heterocycles. The van der Waals surface area contributed by atoms with Crippen LogP contribution >= 0.6 is 0 Å². The van der Waals surface area contributed by atoms with E-state index >= 15 is 0 Å². The first-order chi connectivity index (χ1) is 6.20. The lowest BCUT2D eigenvalue weighted by Crippen LogP contribution is -2.32. The van der Waals surface area contributed by atoms with Crippen molar-refractivity contribution in [3.05, 3.63) is 18.3 Å². The maximum atomic E-state index is 5.40. The summed E-state index contributed by atoms with van der Waals surface area (Å²) < 4.78 is 0. The Bertz CT molecular complexity index is 302. The Morgan fingerprint density at radius 2 is 2.46 bits per heavy atom. The van der Waals surface area contributed by atoms with Gasteiger partial charge in [-0.05, 0) is 25.5 Å². The van der Waals surface area contributed by atoms with Crippen molar-refractivity contribution in [2.45, 2.75) is 25.8 Å². The molecule has 0 amide bonds. The van der Waals surface area contributed by atoms with Gasteiger partial charge in [0.25, 0.3) is 0 Å². The lowest BCUT2D eigenvalue weighted by molar-refractivity contribution is 0.630. The van der Waals surface area contributed by atoms with Crippen LogP contribution in [0.1, 0.15) is 20.3 Å². The summed E-state index contributed by atoms with van der Waals surface area (Å²) in [4.78, 5) is 0. The molecular weight excluding hydrogens is 162 g/mol. The predicted octanol–water partition coefficient (Wildman–Crippen LogP) is 1.69. The Labute approximate surface area is 78.6 Å². The minimum Gasteiger partial charge on any atom is -0.353 e. The average Bonchev–Trinajstić information content (AvgIpc) is 2.19. The van der Waals surface area contributed by atoms with E-state index in [0.29, 0.717) is 5.82 Å². The second kappa shape index (κ2) is 3.90. The van der Waals surface area contributed by atoms with Gasteiger partial charge in [0.1, 0.15) is 5.82 Å².